The first-order valence-electron chi connectivity index (χ1n) is 10.0. The molecule has 0 fully saturated rings. The number of hydrogen-bond acceptors (Lipinski definition) is 5. The number of urea groups is 1. The van der Waals surface area contributed by atoms with Gasteiger partial charge in [-0.05, 0) is 71.2 Å². The van der Waals surface area contributed by atoms with E-state index < -0.39 is 21.6 Å². The molecule has 1 aliphatic rings. The van der Waals surface area contributed by atoms with E-state index in [1.54, 1.807) is 0 Å². The molecule has 7 nitrogen and oxygen atoms in total. The summed E-state index contributed by atoms with van der Waals surface area (Å²) in [5.74, 6) is -0.338. The Kier molecular flexibility index (Phi) is 5.88. The molecule has 0 bridgehead atoms. The molecule has 0 aliphatic heterocycles. The lowest BCUT2D eigenvalue weighted by atomic mass is 9.63. The Morgan fingerprint density at radius 2 is 1.42 bits per heavy atom. The van der Waals surface area contributed by atoms with Crippen LogP contribution in [0.25, 0.3) is 0 Å². The van der Waals surface area contributed by atoms with Crippen molar-refractivity contribution in [3.63, 3.8) is 0 Å². The van der Waals surface area contributed by atoms with E-state index in [0.717, 1.165) is 25.2 Å². The van der Waals surface area contributed by atoms with Gasteiger partial charge in [-0.25, -0.2) is 4.79 Å². The highest BCUT2D eigenvalue weighted by Crippen LogP contribution is 2.46. The number of rotatable bonds is 4. The standard InChI is InChI=1S/C23H28N2O5S/c1-22(2)12-13-23(3,4)18-14-16(6-9-17(18)22)25-21(27)24-15-7-10-19(26)20(11-8-15)30-31(5,28)29/h6-11,14H,12-13H2,1-5H3,(H2,24,25,27). The van der Waals surface area contributed by atoms with Crippen LogP contribution in [0.4, 0.5) is 16.2 Å². The molecule has 0 saturated heterocycles. The minimum atomic E-state index is -3.83. The van der Waals surface area contributed by atoms with Crippen molar-refractivity contribution < 1.29 is 17.4 Å². The first-order valence-corrected chi connectivity index (χ1v) is 11.9. The van der Waals surface area contributed by atoms with Crippen LogP contribution in [0.15, 0.2) is 47.3 Å². The van der Waals surface area contributed by atoms with E-state index in [9.17, 15) is 18.0 Å². The van der Waals surface area contributed by atoms with Gasteiger partial charge in [-0.15, -0.1) is 0 Å². The number of benzene rings is 1. The molecule has 1 aliphatic carbocycles. The van der Waals surface area contributed by atoms with Gasteiger partial charge in [-0.1, -0.05) is 33.8 Å². The maximum Gasteiger partial charge on any atom is 0.323 e. The van der Waals surface area contributed by atoms with Gasteiger partial charge in [-0.3, -0.25) is 4.79 Å². The summed E-state index contributed by atoms with van der Waals surface area (Å²) in [5.41, 5.74) is 3.01. The van der Waals surface area contributed by atoms with E-state index >= 15 is 0 Å². The molecule has 3 rings (SSSR count). The maximum absolute atomic E-state index is 12.5. The molecule has 0 atom stereocenters. The van der Waals surface area contributed by atoms with Crippen LogP contribution in [0, 0.1) is 0 Å². The topological polar surface area (TPSA) is 102 Å². The van der Waals surface area contributed by atoms with E-state index in [2.05, 4.69) is 48.6 Å². The van der Waals surface area contributed by atoms with Crippen LogP contribution in [0.2, 0.25) is 0 Å². The monoisotopic (exact) mass is 444 g/mol. The van der Waals surface area contributed by atoms with Crippen molar-refractivity contribution in [2.45, 2.75) is 51.4 Å². The molecule has 2 N–H and O–H groups in total. The summed E-state index contributed by atoms with van der Waals surface area (Å²) in [6.07, 6.45) is 3.03. The predicted octanol–water partition coefficient (Wildman–Crippen LogP) is 4.38. The third-order valence-corrected chi connectivity index (χ3v) is 6.16. The average molecular weight is 445 g/mol. The smallest absolute Gasteiger partial charge is 0.323 e. The van der Waals surface area contributed by atoms with Gasteiger partial charge < -0.3 is 14.8 Å². The number of carbonyl (C=O) groups is 1. The Hall–Kier alpha value is -2.87. The number of amides is 2. The summed E-state index contributed by atoms with van der Waals surface area (Å²) in [4.78, 5) is 24.5. The predicted molar refractivity (Wildman–Crippen MR) is 123 cm³/mol. The number of anilines is 2. The number of fused-ring (bicyclic) bond motifs is 1. The molecular weight excluding hydrogens is 416 g/mol. The normalized spacial score (nSPS) is 16.7. The van der Waals surface area contributed by atoms with Crippen LogP contribution in [0.3, 0.4) is 0 Å². The summed E-state index contributed by atoms with van der Waals surface area (Å²) in [5, 5.41) is 5.48. The second-order valence-corrected chi connectivity index (χ2v) is 10.8. The van der Waals surface area contributed by atoms with Crippen LogP contribution in [0.1, 0.15) is 51.7 Å². The van der Waals surface area contributed by atoms with Gasteiger partial charge in [0, 0.05) is 11.4 Å². The van der Waals surface area contributed by atoms with E-state index in [1.807, 2.05) is 12.1 Å². The van der Waals surface area contributed by atoms with Crippen molar-refractivity contribution in [2.75, 3.05) is 16.9 Å². The molecule has 0 unspecified atom stereocenters. The van der Waals surface area contributed by atoms with E-state index in [4.69, 9.17) is 0 Å². The molecule has 0 spiro atoms. The van der Waals surface area contributed by atoms with Crippen LogP contribution in [-0.2, 0) is 20.9 Å². The van der Waals surface area contributed by atoms with Crippen LogP contribution in [0.5, 0.6) is 5.75 Å². The Bertz CT molecular complexity index is 1190. The largest absolute Gasteiger partial charge is 0.378 e. The molecule has 0 radical (unpaired) electrons. The van der Waals surface area contributed by atoms with Crippen molar-refractivity contribution in [2.24, 2.45) is 0 Å². The summed E-state index contributed by atoms with van der Waals surface area (Å²) in [6.45, 7) is 8.90. The molecule has 31 heavy (non-hydrogen) atoms. The highest BCUT2D eigenvalue weighted by molar-refractivity contribution is 7.86. The first kappa shape index (κ1) is 22.8. The van der Waals surface area contributed by atoms with Crippen molar-refractivity contribution >= 4 is 27.5 Å². The highest BCUT2D eigenvalue weighted by Gasteiger charge is 2.37. The molecule has 0 saturated carbocycles. The third-order valence-electron chi connectivity index (χ3n) is 5.68. The summed E-state index contributed by atoms with van der Waals surface area (Å²) in [6, 6.07) is 10.6. The fourth-order valence-electron chi connectivity index (χ4n) is 3.83. The summed E-state index contributed by atoms with van der Waals surface area (Å²) in [7, 11) is -3.83. The number of carbonyl (C=O) groups excluding carboxylic acids is 1. The Morgan fingerprint density at radius 3 is 2.06 bits per heavy atom. The van der Waals surface area contributed by atoms with Gasteiger partial charge in [0.15, 0.2) is 5.75 Å². The Balaban J connectivity index is 1.79. The van der Waals surface area contributed by atoms with Gasteiger partial charge in [0.1, 0.15) is 0 Å². The fourth-order valence-corrected chi connectivity index (χ4v) is 4.29. The molecule has 2 aromatic carbocycles. The SMILES string of the molecule is CC1(C)CCC(C)(C)c2cc(NC(=O)Nc3ccc(OS(C)(=O)=O)c(=O)cc3)ccc21. The van der Waals surface area contributed by atoms with Gasteiger partial charge in [0.25, 0.3) is 0 Å². The van der Waals surface area contributed by atoms with Gasteiger partial charge >= 0.3 is 16.1 Å². The van der Waals surface area contributed by atoms with Gasteiger partial charge in [0.05, 0.1) is 6.26 Å². The molecule has 2 amide bonds. The summed E-state index contributed by atoms with van der Waals surface area (Å²) >= 11 is 0. The van der Waals surface area contributed by atoms with Crippen molar-refractivity contribution in [3.8, 4) is 5.75 Å². The Labute approximate surface area is 183 Å². The fraction of sp³-hybridized carbons (Fsp3) is 0.391. The van der Waals surface area contributed by atoms with Crippen molar-refractivity contribution in [1.29, 1.82) is 0 Å². The molecule has 2 aromatic rings. The highest BCUT2D eigenvalue weighted by atomic mass is 32.2. The number of nitrogens with one attached hydrogen (secondary N) is 2. The molecular formula is C23H28N2O5S. The van der Waals surface area contributed by atoms with Crippen molar-refractivity contribution in [3.05, 3.63) is 63.8 Å². The molecule has 0 heterocycles. The first-order chi connectivity index (χ1) is 14.3. The lowest BCUT2D eigenvalue weighted by Gasteiger charge is -2.42. The van der Waals surface area contributed by atoms with Crippen LogP contribution < -0.4 is 20.2 Å². The minimum absolute atomic E-state index is 0.0206. The van der Waals surface area contributed by atoms with E-state index in [1.165, 1.54) is 29.3 Å². The van der Waals surface area contributed by atoms with E-state index in [-0.39, 0.29) is 16.6 Å². The lowest BCUT2D eigenvalue weighted by Crippen LogP contribution is -2.34. The van der Waals surface area contributed by atoms with Crippen LogP contribution in [-0.4, -0.2) is 20.7 Å². The molecule has 8 heteroatoms. The quantitative estimate of drug-likeness (QED) is 0.682. The second-order valence-electron chi connectivity index (χ2n) is 9.25. The van der Waals surface area contributed by atoms with Gasteiger partial charge in [0.2, 0.25) is 5.43 Å². The lowest BCUT2D eigenvalue weighted by molar-refractivity contribution is 0.262. The Morgan fingerprint density at radius 1 is 0.871 bits per heavy atom. The molecule has 166 valence electrons. The zero-order valence-corrected chi connectivity index (χ0v) is 19.2. The second kappa shape index (κ2) is 8.00. The summed E-state index contributed by atoms with van der Waals surface area (Å²) < 4.78 is 27.2. The maximum atomic E-state index is 12.5. The zero-order chi connectivity index (χ0) is 23.0. The number of hydrogen-bond donors (Lipinski definition) is 2. The van der Waals surface area contributed by atoms with E-state index in [0.29, 0.717) is 11.4 Å². The van der Waals surface area contributed by atoms with Gasteiger partial charge in [-0.2, -0.15) is 8.42 Å². The van der Waals surface area contributed by atoms with Crippen LogP contribution >= 0.6 is 0 Å². The van der Waals surface area contributed by atoms with Crippen molar-refractivity contribution in [1.82, 2.24) is 0 Å². The third kappa shape index (κ3) is 5.44. The molecule has 0 aromatic heterocycles. The zero-order valence-electron chi connectivity index (χ0n) is 18.4. The minimum Gasteiger partial charge on any atom is -0.378 e. The average Bonchev–Trinajstić information content (AvgIpc) is 2.80.